The number of aromatic nitrogens is 2. The van der Waals surface area contributed by atoms with Gasteiger partial charge in [-0.05, 0) is 49.1 Å². The predicted octanol–water partition coefficient (Wildman–Crippen LogP) is 4.00. The fourth-order valence-electron chi connectivity index (χ4n) is 2.76. The summed E-state index contributed by atoms with van der Waals surface area (Å²) in [5.41, 5.74) is 6.32. The lowest BCUT2D eigenvalue weighted by atomic mass is 10.1. The largest absolute Gasteiger partial charge is 0.317 e. The first-order valence-corrected chi connectivity index (χ1v) is 7.63. The maximum Gasteiger partial charge on any atom is 0.190 e. The molecule has 20 heavy (non-hydrogen) atoms. The van der Waals surface area contributed by atoms with Gasteiger partial charge < -0.3 is 4.90 Å². The highest BCUT2D eigenvalue weighted by Crippen LogP contribution is 2.39. The number of thiazole rings is 1. The Balaban J connectivity index is 1.86. The average molecular weight is 281 g/mol. The van der Waals surface area contributed by atoms with Crippen LogP contribution in [0.4, 0.5) is 10.8 Å². The smallest absolute Gasteiger partial charge is 0.190 e. The van der Waals surface area contributed by atoms with Gasteiger partial charge in [-0.2, -0.15) is 0 Å². The van der Waals surface area contributed by atoms with E-state index in [0.29, 0.717) is 0 Å². The first-order chi connectivity index (χ1) is 9.74. The fraction of sp³-hybridized carbons (Fsp3) is 0.250. The van der Waals surface area contributed by atoms with Crippen molar-refractivity contribution in [3.63, 3.8) is 0 Å². The Morgan fingerprint density at radius 1 is 1.20 bits per heavy atom. The first kappa shape index (κ1) is 11.9. The quantitative estimate of drug-likeness (QED) is 0.675. The molecule has 3 aromatic rings. The van der Waals surface area contributed by atoms with Gasteiger partial charge in [0.1, 0.15) is 0 Å². The molecule has 0 N–H and O–H groups in total. The molecule has 0 spiro atoms. The summed E-state index contributed by atoms with van der Waals surface area (Å²) < 4.78 is 1.27. The molecular formula is C16H15N3S. The second-order valence-corrected chi connectivity index (χ2v) is 6.27. The van der Waals surface area contributed by atoms with Gasteiger partial charge in [-0.3, -0.25) is 4.98 Å². The molecule has 1 aromatic carbocycles. The monoisotopic (exact) mass is 281 g/mol. The van der Waals surface area contributed by atoms with E-state index in [1.807, 2.05) is 12.4 Å². The molecule has 0 unspecified atom stereocenters. The van der Waals surface area contributed by atoms with Gasteiger partial charge in [0.2, 0.25) is 0 Å². The van der Waals surface area contributed by atoms with Crippen molar-refractivity contribution < 1.29 is 0 Å². The SMILES string of the molecule is Cc1ccc2sc(N3CCc4cnccc43)nc2c1C. The van der Waals surface area contributed by atoms with Gasteiger partial charge in [0.15, 0.2) is 5.13 Å². The second-order valence-electron chi connectivity index (χ2n) is 5.26. The van der Waals surface area contributed by atoms with Crippen LogP contribution in [0.25, 0.3) is 10.2 Å². The Morgan fingerprint density at radius 3 is 3.00 bits per heavy atom. The number of hydrogen-bond acceptors (Lipinski definition) is 4. The van der Waals surface area contributed by atoms with Crippen molar-refractivity contribution in [2.75, 3.05) is 11.4 Å². The standard InChI is InChI=1S/C16H15N3S/c1-10-3-4-14-15(11(10)2)18-16(20-14)19-8-6-12-9-17-7-5-13(12)19/h3-5,7,9H,6,8H2,1-2H3. The molecule has 0 aliphatic carbocycles. The molecule has 4 heteroatoms. The molecule has 0 amide bonds. The van der Waals surface area contributed by atoms with E-state index >= 15 is 0 Å². The molecule has 3 nitrogen and oxygen atoms in total. The molecule has 100 valence electrons. The zero-order valence-corrected chi connectivity index (χ0v) is 12.4. The normalized spacial score (nSPS) is 14.0. The van der Waals surface area contributed by atoms with Crippen LogP contribution >= 0.6 is 11.3 Å². The highest BCUT2D eigenvalue weighted by Gasteiger charge is 2.23. The zero-order valence-electron chi connectivity index (χ0n) is 11.6. The predicted molar refractivity (Wildman–Crippen MR) is 84.0 cm³/mol. The van der Waals surface area contributed by atoms with Crippen molar-refractivity contribution in [2.45, 2.75) is 20.3 Å². The van der Waals surface area contributed by atoms with Crippen LogP contribution in [-0.2, 0) is 6.42 Å². The minimum atomic E-state index is 0.999. The summed E-state index contributed by atoms with van der Waals surface area (Å²) in [5.74, 6) is 0. The van der Waals surface area contributed by atoms with Gasteiger partial charge in [0.05, 0.1) is 10.2 Å². The molecule has 0 radical (unpaired) electrons. The van der Waals surface area contributed by atoms with Gasteiger partial charge >= 0.3 is 0 Å². The summed E-state index contributed by atoms with van der Waals surface area (Å²) in [6.07, 6.45) is 4.88. The highest BCUT2D eigenvalue weighted by atomic mass is 32.1. The van der Waals surface area contributed by atoms with Gasteiger partial charge in [-0.15, -0.1) is 0 Å². The Kier molecular flexibility index (Phi) is 2.54. The summed E-state index contributed by atoms with van der Waals surface area (Å²) >= 11 is 1.78. The average Bonchev–Trinajstić information content (AvgIpc) is 3.06. The van der Waals surface area contributed by atoms with E-state index < -0.39 is 0 Å². The maximum atomic E-state index is 4.88. The molecule has 0 fully saturated rings. The van der Waals surface area contributed by atoms with Crippen LogP contribution in [0.5, 0.6) is 0 Å². The van der Waals surface area contributed by atoms with E-state index in [1.54, 1.807) is 11.3 Å². The fourth-order valence-corrected chi connectivity index (χ4v) is 3.82. The van der Waals surface area contributed by atoms with Crippen LogP contribution in [0.15, 0.2) is 30.6 Å². The van der Waals surface area contributed by atoms with E-state index in [9.17, 15) is 0 Å². The van der Waals surface area contributed by atoms with Crippen molar-refractivity contribution in [2.24, 2.45) is 0 Å². The van der Waals surface area contributed by atoms with Crippen molar-refractivity contribution in [1.29, 1.82) is 0 Å². The number of benzene rings is 1. The van der Waals surface area contributed by atoms with Crippen molar-refractivity contribution >= 4 is 32.4 Å². The summed E-state index contributed by atoms with van der Waals surface area (Å²) in [4.78, 5) is 11.4. The third-order valence-corrected chi connectivity index (χ3v) is 5.12. The minimum absolute atomic E-state index is 0.999. The van der Waals surface area contributed by atoms with Gasteiger partial charge in [-0.1, -0.05) is 17.4 Å². The lowest BCUT2D eigenvalue weighted by Gasteiger charge is -2.14. The van der Waals surface area contributed by atoms with Crippen LogP contribution in [-0.4, -0.2) is 16.5 Å². The van der Waals surface area contributed by atoms with Crippen LogP contribution in [0.3, 0.4) is 0 Å². The lowest BCUT2D eigenvalue weighted by Crippen LogP contribution is -2.12. The second kappa shape index (κ2) is 4.28. The van der Waals surface area contributed by atoms with Crippen molar-refractivity contribution in [1.82, 2.24) is 9.97 Å². The number of aryl methyl sites for hydroxylation is 2. The van der Waals surface area contributed by atoms with Crippen LogP contribution in [0.1, 0.15) is 16.7 Å². The number of nitrogens with zero attached hydrogens (tertiary/aromatic N) is 3. The Bertz CT molecular complexity index is 807. The molecule has 1 aliphatic rings. The number of fused-ring (bicyclic) bond motifs is 2. The molecule has 4 rings (SSSR count). The van der Waals surface area contributed by atoms with Crippen LogP contribution in [0.2, 0.25) is 0 Å². The Labute approximate surface area is 121 Å². The molecule has 3 heterocycles. The maximum absolute atomic E-state index is 4.88. The van der Waals surface area contributed by atoms with Gasteiger partial charge in [-0.25, -0.2) is 4.98 Å². The Hall–Kier alpha value is -1.94. The summed E-state index contributed by atoms with van der Waals surface area (Å²) in [5, 5.41) is 1.10. The third-order valence-electron chi connectivity index (χ3n) is 4.08. The van der Waals surface area contributed by atoms with E-state index in [1.165, 1.54) is 27.1 Å². The number of hydrogen-bond donors (Lipinski definition) is 0. The Morgan fingerprint density at radius 2 is 2.10 bits per heavy atom. The zero-order chi connectivity index (χ0) is 13.7. The van der Waals surface area contributed by atoms with E-state index in [2.05, 4.69) is 41.9 Å². The number of anilines is 2. The number of rotatable bonds is 1. The lowest BCUT2D eigenvalue weighted by molar-refractivity contribution is 0.991. The minimum Gasteiger partial charge on any atom is -0.317 e. The van der Waals surface area contributed by atoms with Crippen molar-refractivity contribution in [3.05, 3.63) is 47.3 Å². The first-order valence-electron chi connectivity index (χ1n) is 6.81. The number of pyridine rings is 1. The summed E-state index contributed by atoms with van der Waals surface area (Å²) in [7, 11) is 0. The van der Waals surface area contributed by atoms with E-state index in [0.717, 1.165) is 23.6 Å². The topological polar surface area (TPSA) is 29.0 Å². The molecule has 0 saturated heterocycles. The van der Waals surface area contributed by atoms with E-state index in [-0.39, 0.29) is 0 Å². The molecule has 2 aromatic heterocycles. The molecular weight excluding hydrogens is 266 g/mol. The molecule has 0 bridgehead atoms. The van der Waals surface area contributed by atoms with Crippen LogP contribution < -0.4 is 4.90 Å². The third kappa shape index (κ3) is 1.64. The molecule has 1 aliphatic heterocycles. The van der Waals surface area contributed by atoms with Crippen molar-refractivity contribution in [3.8, 4) is 0 Å². The summed E-state index contributed by atoms with van der Waals surface area (Å²) in [6, 6.07) is 6.45. The van der Waals surface area contributed by atoms with Gasteiger partial charge in [0, 0.05) is 24.6 Å². The van der Waals surface area contributed by atoms with Crippen LogP contribution in [0, 0.1) is 13.8 Å². The molecule has 0 saturated carbocycles. The summed E-state index contributed by atoms with van der Waals surface area (Å²) in [6.45, 7) is 5.30. The molecule has 0 atom stereocenters. The van der Waals surface area contributed by atoms with E-state index in [4.69, 9.17) is 4.98 Å². The highest BCUT2D eigenvalue weighted by molar-refractivity contribution is 7.22. The van der Waals surface area contributed by atoms with Gasteiger partial charge in [0.25, 0.3) is 0 Å².